The summed E-state index contributed by atoms with van der Waals surface area (Å²) >= 11 is 6.06. The van der Waals surface area contributed by atoms with Gasteiger partial charge in [-0.1, -0.05) is 54.4 Å². The molecule has 3 aromatic rings. The highest BCUT2D eigenvalue weighted by atomic mass is 35.5. The molecule has 146 valence electrons. The molecule has 0 heterocycles. The zero-order valence-corrected chi connectivity index (χ0v) is 17.3. The summed E-state index contributed by atoms with van der Waals surface area (Å²) in [5.41, 5.74) is 4.98. The minimum atomic E-state index is -0.195. The van der Waals surface area contributed by atoms with Gasteiger partial charge in [0.1, 0.15) is 5.82 Å². The van der Waals surface area contributed by atoms with E-state index in [4.69, 9.17) is 11.6 Å². The van der Waals surface area contributed by atoms with Gasteiger partial charge in [0.15, 0.2) is 0 Å². The number of halogens is 2. The van der Waals surface area contributed by atoms with Gasteiger partial charge in [-0.05, 0) is 72.4 Å². The van der Waals surface area contributed by atoms with Gasteiger partial charge in [-0.15, -0.1) is 0 Å². The molecule has 28 heavy (non-hydrogen) atoms. The summed E-state index contributed by atoms with van der Waals surface area (Å²) in [6, 6.07) is 23.7. The Balaban J connectivity index is 1.63. The molecule has 1 atom stereocenters. The largest absolute Gasteiger partial charge is 0.378 e. The second kappa shape index (κ2) is 9.75. The van der Waals surface area contributed by atoms with Crippen molar-refractivity contribution in [2.24, 2.45) is 0 Å². The second-order valence-electron chi connectivity index (χ2n) is 7.46. The zero-order valence-electron chi connectivity index (χ0n) is 16.5. The maximum absolute atomic E-state index is 13.4. The molecule has 0 N–H and O–H groups in total. The van der Waals surface area contributed by atoms with Crippen LogP contribution in [0, 0.1) is 5.82 Å². The van der Waals surface area contributed by atoms with Crippen LogP contribution in [-0.2, 0) is 6.42 Å². The average molecular weight is 396 g/mol. The van der Waals surface area contributed by atoms with Crippen LogP contribution in [0.5, 0.6) is 0 Å². The van der Waals surface area contributed by atoms with Crippen molar-refractivity contribution in [2.75, 3.05) is 19.0 Å². The summed E-state index contributed by atoms with van der Waals surface area (Å²) in [4.78, 5) is 2.11. The first-order valence-corrected chi connectivity index (χ1v) is 10.2. The normalized spacial score (nSPS) is 12.0. The van der Waals surface area contributed by atoms with E-state index < -0.39 is 0 Å². The van der Waals surface area contributed by atoms with Crippen LogP contribution in [0.4, 0.5) is 10.1 Å². The molecule has 3 aromatic carbocycles. The van der Waals surface area contributed by atoms with E-state index >= 15 is 0 Å². The number of rotatable bonds is 8. The quantitative estimate of drug-likeness (QED) is 0.368. The molecule has 0 aromatic heterocycles. The molecule has 0 bridgehead atoms. The third-order valence-electron chi connectivity index (χ3n) is 5.21. The van der Waals surface area contributed by atoms with E-state index in [9.17, 15) is 4.39 Å². The fourth-order valence-corrected chi connectivity index (χ4v) is 3.68. The van der Waals surface area contributed by atoms with Gasteiger partial charge >= 0.3 is 0 Å². The lowest BCUT2D eigenvalue weighted by Crippen LogP contribution is -2.08. The van der Waals surface area contributed by atoms with Crippen molar-refractivity contribution in [1.82, 2.24) is 0 Å². The van der Waals surface area contributed by atoms with Crippen molar-refractivity contribution in [2.45, 2.75) is 31.6 Å². The molecule has 0 aliphatic heterocycles. The number of anilines is 1. The lowest BCUT2D eigenvalue weighted by Gasteiger charge is -2.18. The SMILES string of the molecule is CN(C)c1ccc(CCCCC(c2ccc(F)cc2)c2ccc(Cl)cc2)cc1. The third-order valence-corrected chi connectivity index (χ3v) is 5.46. The van der Waals surface area contributed by atoms with Gasteiger partial charge in [-0.3, -0.25) is 0 Å². The van der Waals surface area contributed by atoms with Crippen LogP contribution in [0.1, 0.15) is 41.9 Å². The van der Waals surface area contributed by atoms with Crippen molar-refractivity contribution in [1.29, 1.82) is 0 Å². The molecule has 3 heteroatoms. The molecule has 1 unspecified atom stereocenters. The first-order valence-electron chi connectivity index (χ1n) is 9.80. The molecule has 0 spiro atoms. The number of nitrogens with zero attached hydrogens (tertiary/aromatic N) is 1. The monoisotopic (exact) mass is 395 g/mol. The molecule has 0 saturated heterocycles. The second-order valence-corrected chi connectivity index (χ2v) is 7.90. The number of benzene rings is 3. The number of aryl methyl sites for hydroxylation is 1. The Morgan fingerprint density at radius 1 is 0.786 bits per heavy atom. The topological polar surface area (TPSA) is 3.24 Å². The van der Waals surface area contributed by atoms with Crippen LogP contribution in [0.3, 0.4) is 0 Å². The zero-order chi connectivity index (χ0) is 19.9. The number of hydrogen-bond donors (Lipinski definition) is 0. The molecule has 3 rings (SSSR count). The molecule has 0 fully saturated rings. The van der Waals surface area contributed by atoms with Crippen LogP contribution >= 0.6 is 11.6 Å². The summed E-state index contributed by atoms with van der Waals surface area (Å²) in [5, 5.41) is 0.739. The molecule has 0 saturated carbocycles. The highest BCUT2D eigenvalue weighted by molar-refractivity contribution is 6.30. The lowest BCUT2D eigenvalue weighted by atomic mass is 9.86. The third kappa shape index (κ3) is 5.59. The Morgan fingerprint density at radius 3 is 1.93 bits per heavy atom. The van der Waals surface area contributed by atoms with Crippen LogP contribution in [0.25, 0.3) is 0 Å². The highest BCUT2D eigenvalue weighted by Gasteiger charge is 2.14. The average Bonchev–Trinajstić information content (AvgIpc) is 2.70. The van der Waals surface area contributed by atoms with E-state index in [1.54, 1.807) is 12.1 Å². The standard InChI is InChI=1S/C25H27ClFN/c1-28(2)24-17-7-19(8-18-24)5-3-4-6-25(20-9-13-22(26)14-10-20)21-11-15-23(27)16-12-21/h7-18,25H,3-6H2,1-2H3. The van der Waals surface area contributed by atoms with Gasteiger partial charge < -0.3 is 4.90 Å². The predicted octanol–water partition coefficient (Wildman–Crippen LogP) is 7.09. The highest BCUT2D eigenvalue weighted by Crippen LogP contribution is 2.31. The molecule has 0 radical (unpaired) electrons. The maximum atomic E-state index is 13.4. The fraction of sp³-hybridized carbons (Fsp3) is 0.280. The molecule has 1 nitrogen and oxygen atoms in total. The van der Waals surface area contributed by atoms with E-state index in [2.05, 4.69) is 55.4 Å². The Morgan fingerprint density at radius 2 is 1.36 bits per heavy atom. The van der Waals surface area contributed by atoms with Gasteiger partial charge in [0.25, 0.3) is 0 Å². The van der Waals surface area contributed by atoms with Crippen molar-refractivity contribution in [3.63, 3.8) is 0 Å². The Bertz CT molecular complexity index is 809. The van der Waals surface area contributed by atoms with Crippen molar-refractivity contribution < 1.29 is 4.39 Å². The Kier molecular flexibility index (Phi) is 7.11. The molecule has 0 aliphatic carbocycles. The van der Waals surface area contributed by atoms with E-state index in [0.29, 0.717) is 0 Å². The summed E-state index contributed by atoms with van der Waals surface area (Å²) < 4.78 is 13.4. The van der Waals surface area contributed by atoms with E-state index in [-0.39, 0.29) is 11.7 Å². The van der Waals surface area contributed by atoms with Crippen LogP contribution in [0.15, 0.2) is 72.8 Å². The number of unbranched alkanes of at least 4 members (excludes halogenated alkanes) is 1. The molecule has 0 amide bonds. The van der Waals surface area contributed by atoms with Crippen molar-refractivity contribution >= 4 is 17.3 Å². The summed E-state index contributed by atoms with van der Waals surface area (Å²) in [5.74, 6) is 0.0637. The van der Waals surface area contributed by atoms with Gasteiger partial charge in [0, 0.05) is 30.7 Å². The van der Waals surface area contributed by atoms with E-state index in [1.807, 2.05) is 24.3 Å². The summed E-state index contributed by atoms with van der Waals surface area (Å²) in [7, 11) is 4.11. The lowest BCUT2D eigenvalue weighted by molar-refractivity contribution is 0.614. The summed E-state index contributed by atoms with van der Waals surface area (Å²) in [6.07, 6.45) is 4.35. The van der Waals surface area contributed by atoms with Gasteiger partial charge in [0.05, 0.1) is 0 Å². The van der Waals surface area contributed by atoms with E-state index in [0.717, 1.165) is 36.3 Å². The molecule has 0 aliphatic rings. The number of hydrogen-bond acceptors (Lipinski definition) is 1. The smallest absolute Gasteiger partial charge is 0.123 e. The minimum Gasteiger partial charge on any atom is -0.378 e. The Hall–Kier alpha value is -2.32. The van der Waals surface area contributed by atoms with Crippen molar-refractivity contribution in [3.8, 4) is 0 Å². The van der Waals surface area contributed by atoms with Crippen LogP contribution in [0.2, 0.25) is 5.02 Å². The van der Waals surface area contributed by atoms with Crippen LogP contribution in [-0.4, -0.2) is 14.1 Å². The fourth-order valence-electron chi connectivity index (χ4n) is 3.55. The van der Waals surface area contributed by atoms with Gasteiger partial charge in [-0.2, -0.15) is 0 Å². The predicted molar refractivity (Wildman–Crippen MR) is 118 cm³/mol. The van der Waals surface area contributed by atoms with Crippen molar-refractivity contribution in [3.05, 3.63) is 100 Å². The minimum absolute atomic E-state index is 0.195. The molecular formula is C25H27ClFN. The first kappa shape index (κ1) is 20.4. The van der Waals surface area contributed by atoms with Crippen LogP contribution < -0.4 is 4.90 Å². The summed E-state index contributed by atoms with van der Waals surface area (Å²) in [6.45, 7) is 0. The first-order chi connectivity index (χ1) is 13.5. The molecular weight excluding hydrogens is 369 g/mol. The van der Waals surface area contributed by atoms with Gasteiger partial charge in [0.2, 0.25) is 0 Å². The van der Waals surface area contributed by atoms with E-state index in [1.165, 1.54) is 16.8 Å². The van der Waals surface area contributed by atoms with Gasteiger partial charge in [-0.25, -0.2) is 4.39 Å². The maximum Gasteiger partial charge on any atom is 0.123 e. The Labute approximate surface area is 172 Å².